The first kappa shape index (κ1) is 12.2. The number of hydrogen-bond donors (Lipinski definition) is 2. The van der Waals surface area contributed by atoms with E-state index in [0.717, 1.165) is 5.69 Å². The van der Waals surface area contributed by atoms with Crippen LogP contribution in [0.4, 0.5) is 5.69 Å². The van der Waals surface area contributed by atoms with Crippen molar-refractivity contribution in [1.29, 1.82) is 0 Å². The minimum atomic E-state index is 0.373. The molecule has 1 aromatic carbocycles. The molecule has 0 fully saturated rings. The number of aliphatic imine (C=N–C) groups is 1. The third kappa shape index (κ3) is 3.34. The van der Waals surface area contributed by atoms with Gasteiger partial charge in [-0.1, -0.05) is 0 Å². The van der Waals surface area contributed by atoms with E-state index in [4.69, 9.17) is 15.2 Å². The standard InChI is InChI=1S/C11H17N3O2/c1-4-13-11(12)14-8-5-9(15-2)7-10(6-8)16-3/h5-7H,4H2,1-3H3,(H3,12,13,14). The van der Waals surface area contributed by atoms with Gasteiger partial charge in [-0.05, 0) is 6.92 Å². The first-order chi connectivity index (χ1) is 7.69. The van der Waals surface area contributed by atoms with Gasteiger partial charge in [-0.25, -0.2) is 0 Å². The SMILES string of the molecule is CCN=C(N)Nc1cc(OC)cc(OC)c1. The Hall–Kier alpha value is -1.91. The molecule has 5 heteroatoms. The highest BCUT2D eigenvalue weighted by Crippen LogP contribution is 2.25. The van der Waals surface area contributed by atoms with E-state index in [0.29, 0.717) is 24.0 Å². The van der Waals surface area contributed by atoms with E-state index in [1.807, 2.05) is 19.1 Å². The number of methoxy groups -OCH3 is 2. The van der Waals surface area contributed by atoms with Crippen LogP contribution in [0.5, 0.6) is 11.5 Å². The van der Waals surface area contributed by atoms with Crippen LogP contribution < -0.4 is 20.5 Å². The number of benzene rings is 1. The molecule has 0 heterocycles. The minimum Gasteiger partial charge on any atom is -0.497 e. The van der Waals surface area contributed by atoms with Crippen LogP contribution in [-0.2, 0) is 0 Å². The summed E-state index contributed by atoms with van der Waals surface area (Å²) in [7, 11) is 3.20. The number of rotatable bonds is 4. The first-order valence-electron chi connectivity index (χ1n) is 4.99. The molecule has 3 N–H and O–H groups in total. The molecule has 88 valence electrons. The van der Waals surface area contributed by atoms with Crippen LogP contribution in [0.3, 0.4) is 0 Å². The summed E-state index contributed by atoms with van der Waals surface area (Å²) in [5.74, 6) is 1.77. The predicted octanol–water partition coefficient (Wildman–Crippen LogP) is 1.45. The third-order valence-corrected chi connectivity index (χ3v) is 1.95. The second kappa shape index (κ2) is 5.85. The summed E-state index contributed by atoms with van der Waals surface area (Å²) in [5.41, 5.74) is 6.44. The summed E-state index contributed by atoms with van der Waals surface area (Å²) < 4.78 is 10.3. The molecule has 1 aromatic rings. The second-order valence-corrected chi connectivity index (χ2v) is 3.09. The lowest BCUT2D eigenvalue weighted by atomic mass is 10.3. The lowest BCUT2D eigenvalue weighted by molar-refractivity contribution is 0.395. The summed E-state index contributed by atoms with van der Waals surface area (Å²) >= 11 is 0. The van der Waals surface area contributed by atoms with E-state index in [9.17, 15) is 0 Å². The van der Waals surface area contributed by atoms with Crippen LogP contribution in [0, 0.1) is 0 Å². The Morgan fingerprint density at radius 1 is 1.25 bits per heavy atom. The number of ether oxygens (including phenoxy) is 2. The maximum Gasteiger partial charge on any atom is 0.193 e. The van der Waals surface area contributed by atoms with Crippen LogP contribution in [0.2, 0.25) is 0 Å². The molecule has 0 amide bonds. The van der Waals surface area contributed by atoms with Crippen LogP contribution in [0.25, 0.3) is 0 Å². The lowest BCUT2D eigenvalue weighted by Crippen LogP contribution is -2.22. The zero-order valence-corrected chi connectivity index (χ0v) is 9.78. The number of guanidine groups is 1. The highest BCUT2D eigenvalue weighted by atomic mass is 16.5. The number of anilines is 1. The van der Waals surface area contributed by atoms with Gasteiger partial charge in [-0.3, -0.25) is 4.99 Å². The summed E-state index contributed by atoms with van der Waals surface area (Å²) in [6.45, 7) is 2.56. The lowest BCUT2D eigenvalue weighted by Gasteiger charge is -2.09. The van der Waals surface area contributed by atoms with Crippen molar-refractivity contribution in [2.45, 2.75) is 6.92 Å². The molecule has 0 aliphatic rings. The van der Waals surface area contributed by atoms with Gasteiger partial charge in [0.1, 0.15) is 11.5 Å². The Morgan fingerprint density at radius 2 is 1.81 bits per heavy atom. The molecule has 0 aliphatic heterocycles. The second-order valence-electron chi connectivity index (χ2n) is 3.09. The molecular formula is C11H17N3O2. The molecule has 0 radical (unpaired) electrons. The summed E-state index contributed by atoms with van der Waals surface area (Å²) in [5, 5.41) is 2.96. The van der Waals surface area contributed by atoms with E-state index in [1.165, 1.54) is 0 Å². The molecule has 1 rings (SSSR count). The molecule has 16 heavy (non-hydrogen) atoms. The molecule has 5 nitrogen and oxygen atoms in total. The Morgan fingerprint density at radius 3 is 2.25 bits per heavy atom. The van der Waals surface area contributed by atoms with Crippen molar-refractivity contribution < 1.29 is 9.47 Å². The van der Waals surface area contributed by atoms with Gasteiger partial charge in [0.25, 0.3) is 0 Å². The van der Waals surface area contributed by atoms with Gasteiger partial charge in [0.2, 0.25) is 0 Å². The summed E-state index contributed by atoms with van der Waals surface area (Å²) in [6, 6.07) is 5.43. The van der Waals surface area contributed by atoms with Crippen molar-refractivity contribution in [2.24, 2.45) is 10.7 Å². The van der Waals surface area contributed by atoms with Crippen LogP contribution >= 0.6 is 0 Å². The zero-order valence-electron chi connectivity index (χ0n) is 9.78. The number of nitrogens with two attached hydrogens (primary N) is 1. The fourth-order valence-corrected chi connectivity index (χ4v) is 1.24. The fourth-order valence-electron chi connectivity index (χ4n) is 1.24. The Labute approximate surface area is 95.3 Å². The highest BCUT2D eigenvalue weighted by molar-refractivity contribution is 5.92. The Balaban J connectivity index is 2.90. The van der Waals surface area contributed by atoms with E-state index >= 15 is 0 Å². The van der Waals surface area contributed by atoms with E-state index < -0.39 is 0 Å². The molecule has 0 spiro atoms. The van der Waals surface area contributed by atoms with E-state index in [1.54, 1.807) is 20.3 Å². The van der Waals surface area contributed by atoms with Crippen molar-refractivity contribution in [3.63, 3.8) is 0 Å². The van der Waals surface area contributed by atoms with Gasteiger partial charge in [0, 0.05) is 30.4 Å². The molecule has 0 aromatic heterocycles. The summed E-state index contributed by atoms with van der Waals surface area (Å²) in [4.78, 5) is 4.03. The normalized spacial score (nSPS) is 11.1. The highest BCUT2D eigenvalue weighted by Gasteiger charge is 2.02. The maximum absolute atomic E-state index is 5.66. The van der Waals surface area contributed by atoms with Crippen molar-refractivity contribution in [3.05, 3.63) is 18.2 Å². The largest absolute Gasteiger partial charge is 0.497 e. The molecule has 0 saturated heterocycles. The van der Waals surface area contributed by atoms with Gasteiger partial charge >= 0.3 is 0 Å². The number of nitrogens with one attached hydrogen (secondary N) is 1. The smallest absolute Gasteiger partial charge is 0.193 e. The van der Waals surface area contributed by atoms with Crippen molar-refractivity contribution in [2.75, 3.05) is 26.1 Å². The van der Waals surface area contributed by atoms with Gasteiger partial charge in [0.15, 0.2) is 5.96 Å². The van der Waals surface area contributed by atoms with Crippen molar-refractivity contribution >= 4 is 11.6 Å². The van der Waals surface area contributed by atoms with Gasteiger partial charge in [-0.2, -0.15) is 0 Å². The van der Waals surface area contributed by atoms with Crippen LogP contribution in [-0.4, -0.2) is 26.7 Å². The number of hydrogen-bond acceptors (Lipinski definition) is 3. The zero-order chi connectivity index (χ0) is 12.0. The Bertz CT molecular complexity index is 355. The van der Waals surface area contributed by atoms with Crippen molar-refractivity contribution in [3.8, 4) is 11.5 Å². The first-order valence-corrected chi connectivity index (χ1v) is 4.99. The monoisotopic (exact) mass is 223 g/mol. The quantitative estimate of drug-likeness (QED) is 0.598. The third-order valence-electron chi connectivity index (χ3n) is 1.95. The van der Waals surface area contributed by atoms with Gasteiger partial charge < -0.3 is 20.5 Å². The van der Waals surface area contributed by atoms with Gasteiger partial charge in [-0.15, -0.1) is 0 Å². The van der Waals surface area contributed by atoms with Gasteiger partial charge in [0.05, 0.1) is 14.2 Å². The fraction of sp³-hybridized carbons (Fsp3) is 0.364. The topological polar surface area (TPSA) is 68.9 Å². The molecule has 0 bridgehead atoms. The maximum atomic E-state index is 5.66. The molecule has 0 saturated carbocycles. The molecule has 0 aliphatic carbocycles. The van der Waals surface area contributed by atoms with Crippen LogP contribution in [0.15, 0.2) is 23.2 Å². The predicted molar refractivity (Wildman–Crippen MR) is 65.3 cm³/mol. The average molecular weight is 223 g/mol. The van der Waals surface area contributed by atoms with E-state index in [2.05, 4.69) is 10.3 Å². The van der Waals surface area contributed by atoms with E-state index in [-0.39, 0.29) is 0 Å². The minimum absolute atomic E-state index is 0.373. The summed E-state index contributed by atoms with van der Waals surface area (Å²) in [6.07, 6.45) is 0. The average Bonchev–Trinajstić information content (AvgIpc) is 2.28. The van der Waals surface area contributed by atoms with Crippen LogP contribution in [0.1, 0.15) is 6.92 Å². The Kier molecular flexibility index (Phi) is 4.44. The number of nitrogens with zero attached hydrogens (tertiary/aromatic N) is 1. The molecule has 0 atom stereocenters. The van der Waals surface area contributed by atoms with Crippen molar-refractivity contribution in [1.82, 2.24) is 0 Å². The molecule has 0 unspecified atom stereocenters. The molecular weight excluding hydrogens is 206 g/mol.